The topological polar surface area (TPSA) is 86.7 Å². The Labute approximate surface area is 138 Å². The van der Waals surface area contributed by atoms with Crippen LogP contribution in [0.3, 0.4) is 0 Å². The summed E-state index contributed by atoms with van der Waals surface area (Å²) in [4.78, 5) is 35.7. The summed E-state index contributed by atoms with van der Waals surface area (Å²) >= 11 is 11.7. The SMILES string of the molecule is CC(=O)NCCN(C(=O)c1cc(Cl)cc(Cl)c1)C(C)C(=O)O. The quantitative estimate of drug-likeness (QED) is 0.825. The zero-order valence-electron chi connectivity index (χ0n) is 12.1. The third kappa shape index (κ3) is 5.20. The van der Waals surface area contributed by atoms with Crippen LogP contribution in [0.15, 0.2) is 18.2 Å². The van der Waals surface area contributed by atoms with Crippen molar-refractivity contribution in [2.24, 2.45) is 0 Å². The van der Waals surface area contributed by atoms with Gasteiger partial charge in [0.15, 0.2) is 0 Å². The van der Waals surface area contributed by atoms with Crippen molar-refractivity contribution in [3.8, 4) is 0 Å². The molecule has 0 aliphatic carbocycles. The van der Waals surface area contributed by atoms with Crippen LogP contribution in [-0.4, -0.2) is 46.9 Å². The normalized spacial score (nSPS) is 11.6. The molecule has 1 atom stereocenters. The van der Waals surface area contributed by atoms with Crippen molar-refractivity contribution in [3.63, 3.8) is 0 Å². The maximum absolute atomic E-state index is 12.5. The Kier molecular flexibility index (Phi) is 6.64. The fourth-order valence-electron chi connectivity index (χ4n) is 1.80. The first-order valence-corrected chi connectivity index (χ1v) is 7.22. The molecule has 120 valence electrons. The summed E-state index contributed by atoms with van der Waals surface area (Å²) in [6.07, 6.45) is 0. The van der Waals surface area contributed by atoms with E-state index >= 15 is 0 Å². The molecule has 1 aromatic rings. The third-order valence-electron chi connectivity index (χ3n) is 2.92. The van der Waals surface area contributed by atoms with Gasteiger partial charge in [-0.1, -0.05) is 23.2 Å². The molecule has 0 saturated carbocycles. The van der Waals surface area contributed by atoms with Crippen molar-refractivity contribution >= 4 is 41.0 Å². The van der Waals surface area contributed by atoms with Gasteiger partial charge in [-0.25, -0.2) is 4.79 Å². The van der Waals surface area contributed by atoms with E-state index in [4.69, 9.17) is 28.3 Å². The van der Waals surface area contributed by atoms with E-state index in [1.807, 2.05) is 0 Å². The van der Waals surface area contributed by atoms with Crippen LogP contribution >= 0.6 is 23.2 Å². The van der Waals surface area contributed by atoms with E-state index in [2.05, 4.69) is 5.32 Å². The number of carbonyl (C=O) groups is 3. The van der Waals surface area contributed by atoms with E-state index in [9.17, 15) is 14.4 Å². The van der Waals surface area contributed by atoms with Gasteiger partial charge in [0.25, 0.3) is 5.91 Å². The second-order valence-corrected chi connectivity index (χ2v) is 5.53. The number of halogens is 2. The number of rotatable bonds is 6. The Morgan fingerprint density at radius 2 is 1.77 bits per heavy atom. The van der Waals surface area contributed by atoms with Crippen LogP contribution in [0.1, 0.15) is 24.2 Å². The molecule has 22 heavy (non-hydrogen) atoms. The lowest BCUT2D eigenvalue weighted by atomic mass is 10.1. The number of amides is 2. The smallest absolute Gasteiger partial charge is 0.326 e. The number of carbonyl (C=O) groups excluding carboxylic acids is 2. The Balaban J connectivity index is 3.00. The first kappa shape index (κ1) is 18.3. The minimum atomic E-state index is -1.15. The zero-order valence-corrected chi connectivity index (χ0v) is 13.6. The fraction of sp³-hybridized carbons (Fsp3) is 0.357. The van der Waals surface area contributed by atoms with Crippen molar-refractivity contribution in [1.82, 2.24) is 10.2 Å². The number of nitrogens with zero attached hydrogens (tertiary/aromatic N) is 1. The highest BCUT2D eigenvalue weighted by Gasteiger charge is 2.26. The molecule has 6 nitrogen and oxygen atoms in total. The molecule has 0 aliphatic heterocycles. The van der Waals surface area contributed by atoms with Gasteiger partial charge in [0.2, 0.25) is 5.91 Å². The van der Waals surface area contributed by atoms with Crippen LogP contribution < -0.4 is 5.32 Å². The summed E-state index contributed by atoms with van der Waals surface area (Å²) in [5.41, 5.74) is 0.188. The van der Waals surface area contributed by atoms with Crippen LogP contribution in [0.25, 0.3) is 0 Å². The van der Waals surface area contributed by atoms with Crippen molar-refractivity contribution in [1.29, 1.82) is 0 Å². The Morgan fingerprint density at radius 1 is 1.23 bits per heavy atom. The molecule has 0 heterocycles. The number of hydrogen-bond donors (Lipinski definition) is 2. The van der Waals surface area contributed by atoms with Gasteiger partial charge in [0.1, 0.15) is 6.04 Å². The second kappa shape index (κ2) is 8.00. The number of nitrogens with one attached hydrogen (secondary N) is 1. The monoisotopic (exact) mass is 346 g/mol. The predicted octanol–water partition coefficient (Wildman–Crippen LogP) is 2.04. The summed E-state index contributed by atoms with van der Waals surface area (Å²) in [5, 5.41) is 12.2. The molecule has 0 fully saturated rings. The third-order valence-corrected chi connectivity index (χ3v) is 3.36. The molecular formula is C14H16Cl2N2O4. The summed E-state index contributed by atoms with van der Waals surface area (Å²) in [6, 6.07) is 3.24. The van der Waals surface area contributed by atoms with Gasteiger partial charge in [-0.2, -0.15) is 0 Å². The second-order valence-electron chi connectivity index (χ2n) is 4.65. The number of aliphatic carboxylic acids is 1. The van der Waals surface area contributed by atoms with Crippen molar-refractivity contribution in [3.05, 3.63) is 33.8 Å². The van der Waals surface area contributed by atoms with Gasteiger partial charge in [-0.15, -0.1) is 0 Å². The molecule has 2 N–H and O–H groups in total. The van der Waals surface area contributed by atoms with Crippen LogP contribution in [0.2, 0.25) is 10.0 Å². The number of hydrogen-bond acceptors (Lipinski definition) is 3. The first-order valence-electron chi connectivity index (χ1n) is 6.46. The lowest BCUT2D eigenvalue weighted by Gasteiger charge is -2.26. The minimum absolute atomic E-state index is 0.0516. The van der Waals surface area contributed by atoms with Crippen molar-refractivity contribution < 1.29 is 19.5 Å². The van der Waals surface area contributed by atoms with Crippen LogP contribution in [0.5, 0.6) is 0 Å². The molecule has 2 amide bonds. The van der Waals surface area contributed by atoms with E-state index < -0.39 is 17.9 Å². The van der Waals surface area contributed by atoms with Gasteiger partial charge < -0.3 is 15.3 Å². The Hall–Kier alpha value is -1.79. The highest BCUT2D eigenvalue weighted by molar-refractivity contribution is 6.35. The maximum Gasteiger partial charge on any atom is 0.326 e. The van der Waals surface area contributed by atoms with Crippen molar-refractivity contribution in [2.75, 3.05) is 13.1 Å². The summed E-state index contributed by atoms with van der Waals surface area (Å²) in [7, 11) is 0. The molecule has 0 spiro atoms. The molecule has 1 rings (SSSR count). The highest BCUT2D eigenvalue weighted by atomic mass is 35.5. The fourth-order valence-corrected chi connectivity index (χ4v) is 2.33. The highest BCUT2D eigenvalue weighted by Crippen LogP contribution is 2.20. The largest absolute Gasteiger partial charge is 0.480 e. The summed E-state index contributed by atoms with van der Waals surface area (Å²) < 4.78 is 0. The molecule has 8 heteroatoms. The molecule has 1 aromatic carbocycles. The molecule has 0 bridgehead atoms. The zero-order chi connectivity index (χ0) is 16.9. The molecule has 1 unspecified atom stereocenters. The van der Waals surface area contributed by atoms with Gasteiger partial charge in [0, 0.05) is 35.6 Å². The van der Waals surface area contributed by atoms with E-state index in [1.54, 1.807) is 0 Å². The Morgan fingerprint density at radius 3 is 2.23 bits per heavy atom. The molecule has 0 radical (unpaired) electrons. The van der Waals surface area contributed by atoms with Gasteiger partial charge >= 0.3 is 5.97 Å². The average molecular weight is 347 g/mol. The van der Waals surface area contributed by atoms with E-state index in [0.717, 1.165) is 4.90 Å². The van der Waals surface area contributed by atoms with Crippen LogP contribution in [0.4, 0.5) is 0 Å². The summed E-state index contributed by atoms with van der Waals surface area (Å²) in [5.74, 6) is -1.94. The van der Waals surface area contributed by atoms with Crippen molar-refractivity contribution in [2.45, 2.75) is 19.9 Å². The number of carboxylic acid groups (broad SMARTS) is 1. The molecule has 0 saturated heterocycles. The molecule has 0 aromatic heterocycles. The van der Waals surface area contributed by atoms with Crippen LogP contribution in [-0.2, 0) is 9.59 Å². The minimum Gasteiger partial charge on any atom is -0.480 e. The Bertz CT molecular complexity index is 572. The first-order chi connectivity index (χ1) is 10.2. The van der Waals surface area contributed by atoms with Gasteiger partial charge in [0.05, 0.1) is 0 Å². The summed E-state index contributed by atoms with van der Waals surface area (Å²) in [6.45, 7) is 2.92. The van der Waals surface area contributed by atoms with E-state index in [1.165, 1.54) is 32.0 Å². The number of carboxylic acids is 1. The van der Waals surface area contributed by atoms with Gasteiger partial charge in [-0.3, -0.25) is 9.59 Å². The van der Waals surface area contributed by atoms with Gasteiger partial charge in [-0.05, 0) is 25.1 Å². The standard InChI is InChI=1S/C14H16Cl2N2O4/c1-8(14(21)22)18(4-3-17-9(2)19)13(20)10-5-11(15)7-12(16)6-10/h5-8H,3-4H2,1-2H3,(H,17,19)(H,21,22). The lowest BCUT2D eigenvalue weighted by molar-refractivity contribution is -0.141. The van der Waals surface area contributed by atoms with Crippen LogP contribution in [0, 0.1) is 0 Å². The average Bonchev–Trinajstić information content (AvgIpc) is 2.40. The number of benzene rings is 1. The predicted molar refractivity (Wildman–Crippen MR) is 83.3 cm³/mol. The maximum atomic E-state index is 12.5. The molecule has 0 aliphatic rings. The lowest BCUT2D eigenvalue weighted by Crippen LogP contribution is -2.46. The molecular weight excluding hydrogens is 331 g/mol. The van der Waals surface area contributed by atoms with E-state index in [0.29, 0.717) is 0 Å². The van der Waals surface area contributed by atoms with E-state index in [-0.39, 0.29) is 34.6 Å².